The Hall–Kier alpha value is -1.78. The second kappa shape index (κ2) is 6.97. The smallest absolute Gasteiger partial charge is 0.337 e. The standard InChI is InChI=1S/C14H23N3O2/c1-4-5-6-9-17(10(2)3)13-12(15)11(14(18)19)7-8-16-13/h7-8,10H,4-6,9,15H2,1-3H3,(H,18,19). The van der Waals surface area contributed by atoms with E-state index >= 15 is 0 Å². The van der Waals surface area contributed by atoms with Gasteiger partial charge < -0.3 is 15.7 Å². The summed E-state index contributed by atoms with van der Waals surface area (Å²) in [6.45, 7) is 7.10. The van der Waals surface area contributed by atoms with Crippen molar-refractivity contribution < 1.29 is 9.90 Å². The van der Waals surface area contributed by atoms with E-state index in [1.807, 2.05) is 0 Å². The number of hydrogen-bond donors (Lipinski definition) is 2. The van der Waals surface area contributed by atoms with Crippen molar-refractivity contribution in [1.82, 2.24) is 4.98 Å². The molecule has 0 aliphatic heterocycles. The first-order valence-electron chi connectivity index (χ1n) is 6.73. The Morgan fingerprint density at radius 3 is 2.68 bits per heavy atom. The third-order valence-electron chi connectivity index (χ3n) is 3.10. The molecular weight excluding hydrogens is 242 g/mol. The van der Waals surface area contributed by atoms with Crippen LogP contribution in [0.2, 0.25) is 0 Å². The van der Waals surface area contributed by atoms with Crippen LogP contribution in [-0.2, 0) is 0 Å². The quantitative estimate of drug-likeness (QED) is 0.741. The fraction of sp³-hybridized carbons (Fsp3) is 0.571. The molecule has 1 aromatic rings. The zero-order valence-electron chi connectivity index (χ0n) is 11.9. The van der Waals surface area contributed by atoms with Crippen LogP contribution in [0.4, 0.5) is 11.5 Å². The van der Waals surface area contributed by atoms with Crippen molar-refractivity contribution in [1.29, 1.82) is 0 Å². The molecule has 106 valence electrons. The monoisotopic (exact) mass is 265 g/mol. The molecule has 0 radical (unpaired) electrons. The summed E-state index contributed by atoms with van der Waals surface area (Å²) in [5, 5.41) is 9.10. The van der Waals surface area contributed by atoms with E-state index in [0.717, 1.165) is 25.8 Å². The van der Waals surface area contributed by atoms with Crippen LogP contribution in [0.5, 0.6) is 0 Å². The number of carboxylic acid groups (broad SMARTS) is 1. The second-order valence-electron chi connectivity index (χ2n) is 4.90. The number of aromatic nitrogens is 1. The van der Waals surface area contributed by atoms with Crippen molar-refractivity contribution >= 4 is 17.5 Å². The summed E-state index contributed by atoms with van der Waals surface area (Å²) in [6.07, 6.45) is 4.84. The zero-order chi connectivity index (χ0) is 14.4. The number of nitrogens with zero attached hydrogens (tertiary/aromatic N) is 2. The molecule has 1 rings (SSSR count). The maximum atomic E-state index is 11.1. The zero-order valence-corrected chi connectivity index (χ0v) is 11.9. The second-order valence-corrected chi connectivity index (χ2v) is 4.90. The summed E-state index contributed by atoms with van der Waals surface area (Å²) in [7, 11) is 0. The lowest BCUT2D eigenvalue weighted by Gasteiger charge is -2.29. The maximum Gasteiger partial charge on any atom is 0.337 e. The van der Waals surface area contributed by atoms with Gasteiger partial charge in [0, 0.05) is 18.8 Å². The highest BCUT2D eigenvalue weighted by Crippen LogP contribution is 2.26. The number of nitrogen functional groups attached to an aromatic ring is 1. The highest BCUT2D eigenvalue weighted by Gasteiger charge is 2.19. The van der Waals surface area contributed by atoms with Crippen LogP contribution in [0, 0.1) is 0 Å². The molecule has 0 aromatic carbocycles. The Morgan fingerprint density at radius 2 is 2.16 bits per heavy atom. The van der Waals surface area contributed by atoms with E-state index in [4.69, 9.17) is 10.8 Å². The van der Waals surface area contributed by atoms with Gasteiger partial charge >= 0.3 is 5.97 Å². The van der Waals surface area contributed by atoms with E-state index in [9.17, 15) is 4.79 Å². The molecule has 0 fully saturated rings. The fourth-order valence-electron chi connectivity index (χ4n) is 2.02. The molecule has 0 atom stereocenters. The third-order valence-corrected chi connectivity index (χ3v) is 3.10. The minimum absolute atomic E-state index is 0.117. The van der Waals surface area contributed by atoms with Crippen molar-refractivity contribution in [3.63, 3.8) is 0 Å². The van der Waals surface area contributed by atoms with Crippen LogP contribution in [0.3, 0.4) is 0 Å². The van der Waals surface area contributed by atoms with Crippen LogP contribution in [0.1, 0.15) is 50.4 Å². The van der Waals surface area contributed by atoms with Crippen LogP contribution in [0.15, 0.2) is 12.3 Å². The number of pyridine rings is 1. The van der Waals surface area contributed by atoms with Crippen LogP contribution >= 0.6 is 0 Å². The molecule has 0 bridgehead atoms. The summed E-state index contributed by atoms with van der Waals surface area (Å²) in [6, 6.07) is 1.67. The van der Waals surface area contributed by atoms with E-state index in [2.05, 4.69) is 30.7 Å². The molecule has 0 aliphatic rings. The van der Waals surface area contributed by atoms with Crippen molar-refractivity contribution in [3.8, 4) is 0 Å². The number of aromatic carboxylic acids is 1. The van der Waals surface area contributed by atoms with E-state index in [0.29, 0.717) is 5.82 Å². The van der Waals surface area contributed by atoms with Gasteiger partial charge in [-0.2, -0.15) is 0 Å². The molecule has 0 saturated carbocycles. The van der Waals surface area contributed by atoms with Crippen molar-refractivity contribution in [2.24, 2.45) is 0 Å². The summed E-state index contributed by atoms with van der Waals surface area (Å²) in [4.78, 5) is 17.4. The van der Waals surface area contributed by atoms with E-state index < -0.39 is 5.97 Å². The average Bonchev–Trinajstić information content (AvgIpc) is 2.35. The number of unbranched alkanes of at least 4 members (excludes halogenated alkanes) is 2. The van der Waals surface area contributed by atoms with E-state index in [1.165, 1.54) is 12.3 Å². The molecule has 0 unspecified atom stereocenters. The van der Waals surface area contributed by atoms with Gasteiger partial charge in [-0.3, -0.25) is 0 Å². The van der Waals surface area contributed by atoms with Gasteiger partial charge in [0.05, 0.1) is 11.3 Å². The lowest BCUT2D eigenvalue weighted by molar-refractivity contribution is 0.0698. The Kier molecular flexibility index (Phi) is 5.60. The van der Waals surface area contributed by atoms with Gasteiger partial charge in [-0.1, -0.05) is 19.8 Å². The van der Waals surface area contributed by atoms with Gasteiger partial charge in [0.15, 0.2) is 5.82 Å². The highest BCUT2D eigenvalue weighted by atomic mass is 16.4. The number of rotatable bonds is 7. The number of carbonyl (C=O) groups is 1. The fourth-order valence-corrected chi connectivity index (χ4v) is 2.02. The summed E-state index contributed by atoms with van der Waals surface area (Å²) in [5.41, 5.74) is 6.31. The predicted molar refractivity (Wildman–Crippen MR) is 77.6 cm³/mol. The largest absolute Gasteiger partial charge is 0.478 e. The number of hydrogen-bond acceptors (Lipinski definition) is 4. The van der Waals surface area contributed by atoms with Crippen molar-refractivity contribution in [2.45, 2.75) is 46.1 Å². The van der Waals surface area contributed by atoms with Gasteiger partial charge in [-0.05, 0) is 26.3 Å². The molecule has 19 heavy (non-hydrogen) atoms. The predicted octanol–water partition coefficient (Wildman–Crippen LogP) is 2.77. The molecule has 0 aliphatic carbocycles. The molecule has 0 amide bonds. The SMILES string of the molecule is CCCCCN(c1nccc(C(=O)O)c1N)C(C)C. The van der Waals surface area contributed by atoms with Crippen LogP contribution in [0.25, 0.3) is 0 Å². The number of nitrogens with two attached hydrogens (primary N) is 1. The molecule has 3 N–H and O–H groups in total. The maximum absolute atomic E-state index is 11.1. The van der Waals surface area contributed by atoms with Crippen molar-refractivity contribution in [3.05, 3.63) is 17.8 Å². The number of anilines is 2. The number of carboxylic acids is 1. The molecule has 1 heterocycles. The van der Waals surface area contributed by atoms with Crippen molar-refractivity contribution in [2.75, 3.05) is 17.2 Å². The summed E-state index contributed by atoms with van der Waals surface area (Å²) in [5.74, 6) is -0.440. The van der Waals surface area contributed by atoms with Crippen LogP contribution < -0.4 is 10.6 Å². The molecule has 5 heteroatoms. The lowest BCUT2D eigenvalue weighted by atomic mass is 10.1. The lowest BCUT2D eigenvalue weighted by Crippen LogP contribution is -2.33. The van der Waals surface area contributed by atoms with Gasteiger partial charge in [0.2, 0.25) is 0 Å². The third kappa shape index (κ3) is 3.84. The first-order valence-corrected chi connectivity index (χ1v) is 6.73. The van der Waals surface area contributed by atoms with E-state index in [1.54, 1.807) is 0 Å². The Labute approximate surface area is 114 Å². The van der Waals surface area contributed by atoms with Crippen LogP contribution in [-0.4, -0.2) is 28.6 Å². The molecule has 0 spiro atoms. The molecule has 1 aromatic heterocycles. The summed E-state index contributed by atoms with van der Waals surface area (Å²) >= 11 is 0. The summed E-state index contributed by atoms with van der Waals surface area (Å²) < 4.78 is 0. The van der Waals surface area contributed by atoms with Gasteiger partial charge in [-0.25, -0.2) is 9.78 Å². The molecule has 0 saturated heterocycles. The van der Waals surface area contributed by atoms with E-state index in [-0.39, 0.29) is 17.3 Å². The molecule has 5 nitrogen and oxygen atoms in total. The molecular formula is C14H23N3O2. The minimum Gasteiger partial charge on any atom is -0.478 e. The Bertz CT molecular complexity index is 433. The van der Waals surface area contributed by atoms with Gasteiger partial charge in [0.25, 0.3) is 0 Å². The first-order chi connectivity index (χ1) is 8.99. The topological polar surface area (TPSA) is 79.5 Å². The first kappa shape index (κ1) is 15.3. The average molecular weight is 265 g/mol. The highest BCUT2D eigenvalue weighted by molar-refractivity contribution is 5.96. The Balaban J connectivity index is 3.02. The van der Waals surface area contributed by atoms with Gasteiger partial charge in [0.1, 0.15) is 0 Å². The normalized spacial score (nSPS) is 10.7. The Morgan fingerprint density at radius 1 is 1.47 bits per heavy atom. The minimum atomic E-state index is -1.02. The van der Waals surface area contributed by atoms with Gasteiger partial charge in [-0.15, -0.1) is 0 Å².